The van der Waals surface area contributed by atoms with Crippen molar-refractivity contribution >= 4 is 45.0 Å². The molecule has 11 rings (SSSR count). The minimum atomic E-state index is -1.34. The van der Waals surface area contributed by atoms with Crippen molar-refractivity contribution in [3.8, 4) is 5.75 Å². The van der Waals surface area contributed by atoms with Crippen molar-refractivity contribution in [2.75, 3.05) is 6.54 Å². The molecule has 8 unspecified atom stereocenters. The second kappa shape index (κ2) is 14.1. The number of carbonyl (C=O) groups is 2. The molecule has 5 aromatic rings. The van der Waals surface area contributed by atoms with Gasteiger partial charge in [0, 0.05) is 45.4 Å². The summed E-state index contributed by atoms with van der Waals surface area (Å²) in [5.74, 6) is -0.352. The van der Waals surface area contributed by atoms with Gasteiger partial charge in [-0.1, -0.05) is 123 Å². The lowest BCUT2D eigenvalue weighted by molar-refractivity contribution is -0.178. The first-order valence-corrected chi connectivity index (χ1v) is 21.9. The second-order valence-electron chi connectivity index (χ2n) is 19.0. The second-order valence-corrected chi connectivity index (χ2v) is 19.4. The lowest BCUT2D eigenvalue weighted by Crippen LogP contribution is -2.67. The van der Waals surface area contributed by atoms with Gasteiger partial charge in [0.05, 0.1) is 18.2 Å². The fourth-order valence-electron chi connectivity index (χ4n) is 13.1. The Morgan fingerprint density at radius 1 is 0.817 bits per heavy atom. The Morgan fingerprint density at radius 2 is 1.52 bits per heavy atom. The number of aliphatic hydroxyl groups is 2. The van der Waals surface area contributed by atoms with Crippen LogP contribution in [-0.4, -0.2) is 45.2 Å². The lowest BCUT2D eigenvalue weighted by Gasteiger charge is -2.71. The highest BCUT2D eigenvalue weighted by molar-refractivity contribution is 6.31. The number of benzene rings is 5. The zero-order valence-electron chi connectivity index (χ0n) is 34.2. The number of hydrogen-bond donors (Lipinski definition) is 2. The molecule has 2 N–H and O–H groups in total. The normalized spacial score (nSPS) is 32.6. The van der Waals surface area contributed by atoms with Gasteiger partial charge in [-0.2, -0.15) is 0 Å². The SMILES string of the molecule is CC12CCC(O)CC13C=CC1(C(C(=O)Cc4c(F)cccc4Cl)=C3)C2CCC2(C)C1CCC2(O)CN(Cc1cccc2ccccc12)C(=O)Oc1ccc2ccccc2c1. The molecule has 0 saturated heterocycles. The van der Waals surface area contributed by atoms with E-state index in [-0.39, 0.29) is 53.1 Å². The summed E-state index contributed by atoms with van der Waals surface area (Å²) in [7, 11) is 0. The number of ketones is 1. The molecule has 5 aromatic carbocycles. The van der Waals surface area contributed by atoms with Crippen molar-refractivity contribution in [3.05, 3.63) is 149 Å². The molecule has 308 valence electrons. The Bertz CT molecular complexity index is 2620. The Labute approximate surface area is 355 Å². The first kappa shape index (κ1) is 39.3. The van der Waals surface area contributed by atoms with Crippen LogP contribution in [0.3, 0.4) is 0 Å². The van der Waals surface area contributed by atoms with E-state index in [0.29, 0.717) is 43.4 Å². The van der Waals surface area contributed by atoms with Crippen molar-refractivity contribution in [3.63, 3.8) is 0 Å². The average molecular weight is 824 g/mol. The number of ether oxygens (including phenoxy) is 1. The van der Waals surface area contributed by atoms with Gasteiger partial charge in [0.25, 0.3) is 0 Å². The third-order valence-electron chi connectivity index (χ3n) is 16.3. The highest BCUT2D eigenvalue weighted by Crippen LogP contribution is 2.78. The largest absolute Gasteiger partial charge is 0.415 e. The molecule has 6 aliphatic rings. The van der Waals surface area contributed by atoms with Gasteiger partial charge in [0.2, 0.25) is 0 Å². The molecule has 60 heavy (non-hydrogen) atoms. The van der Waals surface area contributed by atoms with Crippen molar-refractivity contribution in [1.29, 1.82) is 0 Å². The molecular weight excluding hydrogens is 773 g/mol. The number of Topliss-reactive ketones (excluding diaryl/α,β-unsaturated/α-hetero) is 1. The van der Waals surface area contributed by atoms with E-state index in [0.717, 1.165) is 39.9 Å². The van der Waals surface area contributed by atoms with Gasteiger partial charge in [0.1, 0.15) is 11.6 Å². The van der Waals surface area contributed by atoms with Gasteiger partial charge >= 0.3 is 6.09 Å². The average Bonchev–Trinajstić information content (AvgIpc) is 3.51. The number of aliphatic hydroxyl groups excluding tert-OH is 1. The topological polar surface area (TPSA) is 87.1 Å². The summed E-state index contributed by atoms with van der Waals surface area (Å²) in [4.78, 5) is 31.2. The van der Waals surface area contributed by atoms with E-state index in [4.69, 9.17) is 16.3 Å². The maximum atomic E-state index is 15.3. The fraction of sp³-hybridized carbons (Fsp3) is 0.385. The van der Waals surface area contributed by atoms with E-state index in [1.54, 1.807) is 23.1 Å². The van der Waals surface area contributed by atoms with Crippen LogP contribution in [0.5, 0.6) is 5.75 Å². The summed E-state index contributed by atoms with van der Waals surface area (Å²) in [6.45, 7) is 4.76. The lowest BCUT2D eigenvalue weighted by atomic mass is 9.32. The standard InChI is InChI=1S/C52H51ClFNO5/c1-48-22-19-37(56)29-50(48)25-26-52(41(30-50)44(57)28-40-42(53)15-8-16-43(40)54)45(48)20-23-49(2)46(52)21-24-51(49,59)32-55(31-36-13-7-12-34-10-5-6-14-39(34)36)47(58)60-38-18-17-33-9-3-4-11-35(33)27-38/h3-18,25-27,30,37,45-46,56,59H,19-24,28-29,31-32H2,1-2H3. The van der Waals surface area contributed by atoms with Gasteiger partial charge in [-0.15, -0.1) is 0 Å². The number of amides is 1. The van der Waals surface area contributed by atoms with Crippen LogP contribution in [0.15, 0.2) is 127 Å². The smallest absolute Gasteiger partial charge is 0.410 e. The predicted molar refractivity (Wildman–Crippen MR) is 233 cm³/mol. The molecule has 0 heterocycles. The molecule has 1 amide bonds. The van der Waals surface area contributed by atoms with E-state index in [1.165, 1.54) is 6.07 Å². The van der Waals surface area contributed by atoms with Gasteiger partial charge in [-0.3, -0.25) is 4.79 Å². The summed E-state index contributed by atoms with van der Waals surface area (Å²) in [6, 6.07) is 32.2. The van der Waals surface area contributed by atoms with E-state index in [9.17, 15) is 19.8 Å². The van der Waals surface area contributed by atoms with Crippen LogP contribution in [0.25, 0.3) is 21.5 Å². The van der Waals surface area contributed by atoms with Crippen LogP contribution < -0.4 is 4.74 Å². The molecule has 8 atom stereocenters. The summed E-state index contributed by atoms with van der Waals surface area (Å²) in [5, 5.41) is 28.8. The maximum Gasteiger partial charge on any atom is 0.415 e. The molecule has 6 aliphatic carbocycles. The van der Waals surface area contributed by atoms with Crippen LogP contribution in [0.2, 0.25) is 5.02 Å². The molecule has 6 nitrogen and oxygen atoms in total. The maximum absolute atomic E-state index is 15.3. The number of allylic oxidation sites excluding steroid dienone is 4. The molecule has 8 heteroatoms. The van der Waals surface area contributed by atoms with E-state index < -0.39 is 39.9 Å². The van der Waals surface area contributed by atoms with Gasteiger partial charge in [-0.05, 0) is 114 Å². The van der Waals surface area contributed by atoms with E-state index >= 15 is 4.39 Å². The van der Waals surface area contributed by atoms with Crippen LogP contribution >= 0.6 is 11.6 Å². The minimum absolute atomic E-state index is 0.0331. The highest BCUT2D eigenvalue weighted by atomic mass is 35.5. The van der Waals surface area contributed by atoms with Crippen molar-refractivity contribution in [1.82, 2.24) is 4.90 Å². The van der Waals surface area contributed by atoms with Crippen molar-refractivity contribution in [2.24, 2.45) is 33.5 Å². The first-order valence-electron chi connectivity index (χ1n) is 21.5. The highest BCUT2D eigenvalue weighted by Gasteiger charge is 2.74. The van der Waals surface area contributed by atoms with Crippen molar-refractivity contribution < 1.29 is 28.9 Å². The van der Waals surface area contributed by atoms with Crippen LogP contribution in [0.4, 0.5) is 9.18 Å². The summed E-state index contributed by atoms with van der Waals surface area (Å²) < 4.78 is 21.5. The third kappa shape index (κ3) is 5.79. The Hall–Kier alpha value is -4.82. The molecular formula is C52H51ClFNO5. The molecule has 2 bridgehead atoms. The molecule has 3 fully saturated rings. The molecule has 3 saturated carbocycles. The summed E-state index contributed by atoms with van der Waals surface area (Å²) in [6.07, 6.45) is 9.98. The van der Waals surface area contributed by atoms with Crippen molar-refractivity contribution in [2.45, 2.75) is 83.5 Å². The first-order chi connectivity index (χ1) is 28.8. The fourth-order valence-corrected chi connectivity index (χ4v) is 13.4. The van der Waals surface area contributed by atoms with Gasteiger partial charge in [-0.25, -0.2) is 9.18 Å². The predicted octanol–water partition coefficient (Wildman–Crippen LogP) is 11.2. The molecule has 0 aliphatic heterocycles. The Morgan fingerprint density at radius 3 is 2.33 bits per heavy atom. The number of rotatable bonds is 8. The molecule has 0 radical (unpaired) electrons. The zero-order chi connectivity index (χ0) is 41.7. The van der Waals surface area contributed by atoms with E-state index in [2.05, 4.69) is 50.3 Å². The van der Waals surface area contributed by atoms with Crippen LogP contribution in [0, 0.1) is 39.3 Å². The van der Waals surface area contributed by atoms with Gasteiger partial charge < -0.3 is 19.8 Å². The summed E-state index contributed by atoms with van der Waals surface area (Å²) >= 11 is 6.53. The number of carbonyl (C=O) groups excluding carboxylic acids is 2. The molecule has 0 aromatic heterocycles. The monoisotopic (exact) mass is 823 g/mol. The number of halogens is 2. The summed E-state index contributed by atoms with van der Waals surface area (Å²) in [5.41, 5.74) is -1.76. The number of fused-ring (bicyclic) bond motifs is 3. The van der Waals surface area contributed by atoms with Crippen LogP contribution in [0.1, 0.15) is 69.9 Å². The number of hydrogen-bond acceptors (Lipinski definition) is 5. The zero-order valence-corrected chi connectivity index (χ0v) is 34.9. The van der Waals surface area contributed by atoms with Gasteiger partial charge in [0.15, 0.2) is 5.78 Å². The van der Waals surface area contributed by atoms with Crippen LogP contribution in [-0.2, 0) is 17.8 Å². The third-order valence-corrected chi connectivity index (χ3v) is 16.6. The Balaban J connectivity index is 1.04. The van der Waals surface area contributed by atoms with E-state index in [1.807, 2.05) is 60.7 Å². The minimum Gasteiger partial charge on any atom is -0.410 e. The molecule has 2 spiro atoms. The Kier molecular flexibility index (Phi) is 9.25. The quantitative estimate of drug-likeness (QED) is 0.152. The number of nitrogens with zero attached hydrogens (tertiary/aromatic N) is 1.